The monoisotopic (exact) mass is 532 g/mol. The van der Waals surface area contributed by atoms with Gasteiger partial charge in [-0.15, -0.1) is 0 Å². The standard InChI is InChI=1S/C33H31F3O3/c1-3-4-5-6-7-20-38-26-16-17-27(29(34)21-26)23-12-14-25(15-13-23)33(37)39-30-19-18-28(31(35)32(30)36)24-10-8-22(2)9-11-24/h8-19,21H,3-7,20H2,1-2H3. The summed E-state index contributed by atoms with van der Waals surface area (Å²) in [5, 5.41) is 0. The number of hydrogen-bond acceptors (Lipinski definition) is 3. The van der Waals surface area contributed by atoms with Crippen molar-refractivity contribution in [2.24, 2.45) is 0 Å². The van der Waals surface area contributed by atoms with Crippen LogP contribution in [-0.2, 0) is 0 Å². The topological polar surface area (TPSA) is 35.5 Å². The Morgan fingerprint density at radius 3 is 2.05 bits per heavy atom. The Morgan fingerprint density at radius 2 is 1.36 bits per heavy atom. The number of rotatable bonds is 11. The predicted molar refractivity (Wildman–Crippen MR) is 148 cm³/mol. The van der Waals surface area contributed by atoms with Gasteiger partial charge < -0.3 is 9.47 Å². The summed E-state index contributed by atoms with van der Waals surface area (Å²) in [6, 6.07) is 20.3. The van der Waals surface area contributed by atoms with Crippen molar-refractivity contribution in [2.75, 3.05) is 6.61 Å². The zero-order valence-electron chi connectivity index (χ0n) is 22.1. The van der Waals surface area contributed by atoms with Crippen molar-refractivity contribution in [3.05, 3.63) is 107 Å². The van der Waals surface area contributed by atoms with Gasteiger partial charge in [0.2, 0.25) is 5.82 Å². The fraction of sp³-hybridized carbons (Fsp3) is 0.242. The molecule has 0 spiro atoms. The predicted octanol–water partition coefficient (Wildman–Crippen LogP) is 9.31. The highest BCUT2D eigenvalue weighted by Gasteiger charge is 2.19. The summed E-state index contributed by atoms with van der Waals surface area (Å²) in [6.07, 6.45) is 5.56. The number of carbonyl (C=O) groups is 1. The lowest BCUT2D eigenvalue weighted by Crippen LogP contribution is -2.10. The van der Waals surface area contributed by atoms with E-state index in [1.807, 2.05) is 6.92 Å². The van der Waals surface area contributed by atoms with E-state index in [9.17, 15) is 18.0 Å². The van der Waals surface area contributed by atoms with Crippen molar-refractivity contribution >= 4 is 5.97 Å². The Labute approximate surface area is 227 Å². The average molecular weight is 533 g/mol. The molecule has 6 heteroatoms. The van der Waals surface area contributed by atoms with Crippen LogP contribution in [0.3, 0.4) is 0 Å². The van der Waals surface area contributed by atoms with Crippen molar-refractivity contribution in [2.45, 2.75) is 46.0 Å². The highest BCUT2D eigenvalue weighted by molar-refractivity contribution is 5.91. The quantitative estimate of drug-likeness (QED) is 0.110. The molecule has 0 bridgehead atoms. The molecule has 3 nitrogen and oxygen atoms in total. The molecular weight excluding hydrogens is 501 g/mol. The van der Waals surface area contributed by atoms with Crippen LogP contribution >= 0.6 is 0 Å². The van der Waals surface area contributed by atoms with Gasteiger partial charge in [0.25, 0.3) is 0 Å². The minimum absolute atomic E-state index is 0.0714. The van der Waals surface area contributed by atoms with Gasteiger partial charge in [0, 0.05) is 17.2 Å². The van der Waals surface area contributed by atoms with Crippen LogP contribution in [0.2, 0.25) is 0 Å². The SMILES string of the molecule is CCCCCCCOc1ccc(-c2ccc(C(=O)Oc3ccc(-c4ccc(C)cc4)c(F)c3F)cc2)c(F)c1. The van der Waals surface area contributed by atoms with Gasteiger partial charge in [-0.05, 0) is 60.9 Å². The molecule has 0 N–H and O–H groups in total. The molecule has 4 rings (SSSR count). The van der Waals surface area contributed by atoms with Crippen LogP contribution in [0, 0.1) is 24.4 Å². The highest BCUT2D eigenvalue weighted by Crippen LogP contribution is 2.31. The first-order valence-corrected chi connectivity index (χ1v) is 13.2. The fourth-order valence-corrected chi connectivity index (χ4v) is 4.23. The lowest BCUT2D eigenvalue weighted by atomic mass is 10.0. The van der Waals surface area contributed by atoms with E-state index in [0.717, 1.165) is 18.4 Å². The second-order valence-electron chi connectivity index (χ2n) is 9.48. The van der Waals surface area contributed by atoms with Gasteiger partial charge >= 0.3 is 5.97 Å². The van der Waals surface area contributed by atoms with Crippen molar-refractivity contribution in [1.82, 2.24) is 0 Å². The van der Waals surface area contributed by atoms with Gasteiger partial charge in [-0.25, -0.2) is 13.6 Å². The lowest BCUT2D eigenvalue weighted by molar-refractivity contribution is 0.0726. The molecule has 4 aromatic rings. The molecule has 0 heterocycles. The third-order valence-electron chi connectivity index (χ3n) is 6.50. The van der Waals surface area contributed by atoms with Gasteiger partial charge in [0.05, 0.1) is 12.2 Å². The summed E-state index contributed by atoms with van der Waals surface area (Å²) in [5.74, 6) is -3.69. The molecule has 0 amide bonds. The van der Waals surface area contributed by atoms with E-state index < -0.39 is 29.2 Å². The normalized spacial score (nSPS) is 10.9. The van der Waals surface area contributed by atoms with Crippen molar-refractivity contribution in [3.8, 4) is 33.8 Å². The van der Waals surface area contributed by atoms with E-state index in [2.05, 4.69) is 6.92 Å². The maximum Gasteiger partial charge on any atom is 0.343 e. The molecular formula is C33H31F3O3. The number of aryl methyl sites for hydroxylation is 1. The van der Waals surface area contributed by atoms with Gasteiger partial charge in [-0.1, -0.05) is 74.6 Å². The van der Waals surface area contributed by atoms with Crippen molar-refractivity contribution in [3.63, 3.8) is 0 Å². The molecule has 0 unspecified atom stereocenters. The molecule has 0 aliphatic carbocycles. The number of halogens is 3. The fourth-order valence-electron chi connectivity index (χ4n) is 4.23. The van der Waals surface area contributed by atoms with Crippen LogP contribution in [0.4, 0.5) is 13.2 Å². The van der Waals surface area contributed by atoms with Crippen molar-refractivity contribution < 1.29 is 27.4 Å². The van der Waals surface area contributed by atoms with Crippen LogP contribution in [0.15, 0.2) is 78.9 Å². The maximum absolute atomic E-state index is 14.8. The molecule has 4 aromatic carbocycles. The van der Waals surface area contributed by atoms with Gasteiger partial charge in [0.15, 0.2) is 11.6 Å². The second-order valence-corrected chi connectivity index (χ2v) is 9.48. The minimum Gasteiger partial charge on any atom is -0.493 e. The number of esters is 1. The second kappa shape index (κ2) is 13.1. The van der Waals surface area contributed by atoms with Crippen molar-refractivity contribution in [1.29, 1.82) is 0 Å². The van der Waals surface area contributed by atoms with E-state index in [0.29, 0.717) is 29.0 Å². The van der Waals surface area contributed by atoms with Crippen LogP contribution < -0.4 is 9.47 Å². The van der Waals surface area contributed by atoms with Crippen LogP contribution in [-0.4, -0.2) is 12.6 Å². The molecule has 0 saturated heterocycles. The summed E-state index contributed by atoms with van der Waals surface area (Å²) in [7, 11) is 0. The lowest BCUT2D eigenvalue weighted by Gasteiger charge is -2.11. The first-order chi connectivity index (χ1) is 18.9. The number of ether oxygens (including phenoxy) is 2. The molecule has 0 atom stereocenters. The Balaban J connectivity index is 1.40. The third-order valence-corrected chi connectivity index (χ3v) is 6.50. The van der Waals surface area contributed by atoms with Crippen LogP contribution in [0.1, 0.15) is 54.9 Å². The van der Waals surface area contributed by atoms with E-state index in [1.54, 1.807) is 48.5 Å². The van der Waals surface area contributed by atoms with E-state index in [1.165, 1.54) is 49.6 Å². The molecule has 0 aromatic heterocycles. The zero-order chi connectivity index (χ0) is 27.8. The Morgan fingerprint density at radius 1 is 0.718 bits per heavy atom. The maximum atomic E-state index is 14.8. The summed E-state index contributed by atoms with van der Waals surface area (Å²) >= 11 is 0. The number of benzene rings is 4. The van der Waals surface area contributed by atoms with Gasteiger partial charge in [-0.3, -0.25) is 0 Å². The molecule has 202 valence electrons. The van der Waals surface area contributed by atoms with E-state index in [-0.39, 0.29) is 11.1 Å². The highest BCUT2D eigenvalue weighted by atomic mass is 19.2. The molecule has 39 heavy (non-hydrogen) atoms. The largest absolute Gasteiger partial charge is 0.493 e. The smallest absolute Gasteiger partial charge is 0.343 e. The average Bonchev–Trinajstić information content (AvgIpc) is 2.94. The summed E-state index contributed by atoms with van der Waals surface area (Å²) in [6.45, 7) is 4.60. The molecule has 0 fully saturated rings. The number of hydrogen-bond donors (Lipinski definition) is 0. The third kappa shape index (κ3) is 7.08. The molecule has 0 aliphatic heterocycles. The van der Waals surface area contributed by atoms with Crippen LogP contribution in [0.5, 0.6) is 11.5 Å². The summed E-state index contributed by atoms with van der Waals surface area (Å²) in [5.41, 5.74) is 2.60. The van der Waals surface area contributed by atoms with Crippen LogP contribution in [0.25, 0.3) is 22.3 Å². The summed E-state index contributed by atoms with van der Waals surface area (Å²) in [4.78, 5) is 12.6. The Bertz CT molecular complexity index is 1410. The van der Waals surface area contributed by atoms with E-state index in [4.69, 9.17) is 9.47 Å². The van der Waals surface area contributed by atoms with Gasteiger partial charge in [-0.2, -0.15) is 4.39 Å². The van der Waals surface area contributed by atoms with E-state index >= 15 is 0 Å². The molecule has 0 saturated carbocycles. The van der Waals surface area contributed by atoms with Gasteiger partial charge in [0.1, 0.15) is 11.6 Å². The molecule has 0 radical (unpaired) electrons. The number of carbonyl (C=O) groups excluding carboxylic acids is 1. The summed E-state index contributed by atoms with van der Waals surface area (Å²) < 4.78 is 55.0. The Hall–Kier alpha value is -4.06. The first kappa shape index (κ1) is 28.0. The first-order valence-electron chi connectivity index (χ1n) is 13.2. The molecule has 0 aliphatic rings. The number of unbranched alkanes of at least 4 members (excludes halogenated alkanes) is 4. The zero-order valence-corrected chi connectivity index (χ0v) is 22.1. The minimum atomic E-state index is -1.25. The Kier molecular flexibility index (Phi) is 9.42.